The van der Waals surface area contributed by atoms with Crippen molar-refractivity contribution in [2.24, 2.45) is 10.8 Å². The molecule has 0 radical (unpaired) electrons. The summed E-state index contributed by atoms with van der Waals surface area (Å²) in [6.45, 7) is 18.9. The van der Waals surface area contributed by atoms with Gasteiger partial charge in [0.25, 0.3) is 0 Å². The summed E-state index contributed by atoms with van der Waals surface area (Å²) < 4.78 is 0. The number of hydrogen-bond acceptors (Lipinski definition) is 2. The van der Waals surface area contributed by atoms with E-state index in [0.717, 1.165) is 6.54 Å². The Bertz CT molecular complexity index is 228. The molecule has 1 rings (SSSR count). The van der Waals surface area contributed by atoms with E-state index in [-0.39, 0.29) is 0 Å². The number of piperidine rings is 1. The van der Waals surface area contributed by atoms with Gasteiger partial charge in [0.1, 0.15) is 0 Å². The summed E-state index contributed by atoms with van der Waals surface area (Å²) >= 11 is 0. The van der Waals surface area contributed by atoms with Crippen LogP contribution in [-0.4, -0.2) is 37.1 Å². The normalized spacial score (nSPS) is 21.0. The molecule has 1 aliphatic rings. The maximum Gasteiger partial charge on any atom is 0.0243 e. The lowest BCUT2D eigenvalue weighted by Gasteiger charge is -2.39. The van der Waals surface area contributed by atoms with Crippen molar-refractivity contribution in [2.45, 2.75) is 66.8 Å². The van der Waals surface area contributed by atoms with Gasteiger partial charge in [-0.2, -0.15) is 0 Å². The number of nitrogens with zero attached hydrogens (tertiary/aromatic N) is 1. The molecular weight excluding hydrogens is 220 g/mol. The van der Waals surface area contributed by atoms with Crippen LogP contribution >= 0.6 is 0 Å². The molecule has 0 unspecified atom stereocenters. The fourth-order valence-electron chi connectivity index (χ4n) is 2.47. The molecule has 1 heterocycles. The van der Waals surface area contributed by atoms with E-state index in [1.165, 1.54) is 38.9 Å². The summed E-state index contributed by atoms with van der Waals surface area (Å²) in [4.78, 5) is 2.65. The highest BCUT2D eigenvalue weighted by atomic mass is 15.2. The SMILES string of the molecule is CC(C)(C)CN[C@H](CN1CCCCC1)C(C)(C)C. The van der Waals surface area contributed by atoms with Crippen LogP contribution in [0.4, 0.5) is 0 Å². The van der Waals surface area contributed by atoms with Crippen molar-refractivity contribution < 1.29 is 0 Å². The van der Waals surface area contributed by atoms with Gasteiger partial charge in [0.05, 0.1) is 0 Å². The summed E-state index contributed by atoms with van der Waals surface area (Å²) in [7, 11) is 0. The zero-order valence-electron chi connectivity index (χ0n) is 13.5. The third-order valence-electron chi connectivity index (χ3n) is 3.81. The van der Waals surface area contributed by atoms with Crippen LogP contribution in [0.2, 0.25) is 0 Å². The van der Waals surface area contributed by atoms with E-state index in [0.29, 0.717) is 16.9 Å². The molecule has 1 aliphatic heterocycles. The highest BCUT2D eigenvalue weighted by Crippen LogP contribution is 2.23. The molecule has 2 heteroatoms. The molecule has 0 spiro atoms. The fourth-order valence-corrected chi connectivity index (χ4v) is 2.47. The van der Waals surface area contributed by atoms with Crippen LogP contribution in [-0.2, 0) is 0 Å². The topological polar surface area (TPSA) is 15.3 Å². The van der Waals surface area contributed by atoms with E-state index < -0.39 is 0 Å². The molecule has 0 aromatic carbocycles. The smallest absolute Gasteiger partial charge is 0.0243 e. The summed E-state index contributed by atoms with van der Waals surface area (Å²) in [5.74, 6) is 0. The first-order valence-corrected chi connectivity index (χ1v) is 7.64. The van der Waals surface area contributed by atoms with E-state index >= 15 is 0 Å². The van der Waals surface area contributed by atoms with Gasteiger partial charge in [-0.25, -0.2) is 0 Å². The first-order valence-electron chi connectivity index (χ1n) is 7.64. The van der Waals surface area contributed by atoms with Crippen LogP contribution in [0.5, 0.6) is 0 Å². The van der Waals surface area contributed by atoms with Crippen molar-refractivity contribution in [1.29, 1.82) is 0 Å². The van der Waals surface area contributed by atoms with Gasteiger partial charge >= 0.3 is 0 Å². The van der Waals surface area contributed by atoms with E-state index in [9.17, 15) is 0 Å². The van der Waals surface area contributed by atoms with E-state index in [1.54, 1.807) is 0 Å². The van der Waals surface area contributed by atoms with E-state index in [1.807, 2.05) is 0 Å². The van der Waals surface area contributed by atoms with Crippen molar-refractivity contribution >= 4 is 0 Å². The molecule has 0 aromatic rings. The Kier molecular flexibility index (Phi) is 5.67. The van der Waals surface area contributed by atoms with Gasteiger partial charge in [-0.15, -0.1) is 0 Å². The van der Waals surface area contributed by atoms with Crippen LogP contribution in [0.3, 0.4) is 0 Å². The molecule has 0 amide bonds. The number of likely N-dealkylation sites (tertiary alicyclic amines) is 1. The Morgan fingerprint density at radius 3 is 1.94 bits per heavy atom. The van der Waals surface area contributed by atoms with Gasteiger partial charge in [0, 0.05) is 19.1 Å². The second kappa shape index (κ2) is 6.38. The molecule has 1 atom stereocenters. The van der Waals surface area contributed by atoms with E-state index in [4.69, 9.17) is 0 Å². The predicted molar refractivity (Wildman–Crippen MR) is 81.0 cm³/mol. The molecule has 0 aliphatic carbocycles. The Labute approximate surface area is 115 Å². The van der Waals surface area contributed by atoms with Crippen LogP contribution in [0.25, 0.3) is 0 Å². The summed E-state index contributed by atoms with van der Waals surface area (Å²) in [5.41, 5.74) is 0.702. The average Bonchev–Trinajstić information content (AvgIpc) is 2.22. The second-order valence-electron chi connectivity index (χ2n) is 8.22. The number of rotatable bonds is 4. The minimum absolute atomic E-state index is 0.336. The summed E-state index contributed by atoms with van der Waals surface area (Å²) in [6.07, 6.45) is 4.19. The Morgan fingerprint density at radius 1 is 0.944 bits per heavy atom. The zero-order chi connectivity index (χ0) is 13.8. The van der Waals surface area contributed by atoms with Crippen molar-refractivity contribution in [1.82, 2.24) is 10.2 Å². The first kappa shape index (κ1) is 16.0. The standard InChI is InChI=1S/C16H34N2/c1-15(2,3)13-17-14(16(4,5)6)12-18-10-8-7-9-11-18/h14,17H,7-13H2,1-6H3/t14-/m1/s1. The minimum Gasteiger partial charge on any atom is -0.312 e. The predicted octanol–water partition coefficient (Wildman–Crippen LogP) is 3.52. The number of hydrogen-bond donors (Lipinski definition) is 1. The molecule has 0 saturated carbocycles. The Morgan fingerprint density at radius 2 is 1.50 bits per heavy atom. The second-order valence-corrected chi connectivity index (χ2v) is 8.22. The molecule has 2 nitrogen and oxygen atoms in total. The fraction of sp³-hybridized carbons (Fsp3) is 1.00. The van der Waals surface area contributed by atoms with Gasteiger partial charge in [0.15, 0.2) is 0 Å². The van der Waals surface area contributed by atoms with Crippen LogP contribution in [0.1, 0.15) is 60.8 Å². The lowest BCUT2D eigenvalue weighted by molar-refractivity contribution is 0.145. The van der Waals surface area contributed by atoms with Gasteiger partial charge in [-0.1, -0.05) is 48.0 Å². The molecule has 1 saturated heterocycles. The lowest BCUT2D eigenvalue weighted by Crippen LogP contribution is -2.51. The van der Waals surface area contributed by atoms with Crippen molar-refractivity contribution in [2.75, 3.05) is 26.2 Å². The van der Waals surface area contributed by atoms with Crippen LogP contribution in [0, 0.1) is 10.8 Å². The molecule has 108 valence electrons. The maximum absolute atomic E-state index is 3.81. The molecule has 1 N–H and O–H groups in total. The first-order chi connectivity index (χ1) is 8.18. The zero-order valence-corrected chi connectivity index (χ0v) is 13.5. The van der Waals surface area contributed by atoms with Crippen molar-refractivity contribution in [3.8, 4) is 0 Å². The summed E-state index contributed by atoms with van der Waals surface area (Å²) in [5, 5.41) is 3.81. The van der Waals surface area contributed by atoms with Gasteiger partial charge < -0.3 is 10.2 Å². The summed E-state index contributed by atoms with van der Waals surface area (Å²) in [6, 6.07) is 0.592. The van der Waals surface area contributed by atoms with Crippen molar-refractivity contribution in [3.63, 3.8) is 0 Å². The molecule has 0 bridgehead atoms. The quantitative estimate of drug-likeness (QED) is 0.826. The molecule has 0 aromatic heterocycles. The minimum atomic E-state index is 0.336. The number of nitrogens with one attached hydrogen (secondary N) is 1. The monoisotopic (exact) mass is 254 g/mol. The lowest BCUT2D eigenvalue weighted by atomic mass is 9.85. The Balaban J connectivity index is 2.50. The van der Waals surface area contributed by atoms with Crippen molar-refractivity contribution in [3.05, 3.63) is 0 Å². The average molecular weight is 254 g/mol. The van der Waals surface area contributed by atoms with Gasteiger partial charge in [-0.05, 0) is 36.8 Å². The van der Waals surface area contributed by atoms with Gasteiger partial charge in [0.2, 0.25) is 0 Å². The van der Waals surface area contributed by atoms with Gasteiger partial charge in [-0.3, -0.25) is 0 Å². The van der Waals surface area contributed by atoms with Crippen LogP contribution < -0.4 is 5.32 Å². The maximum atomic E-state index is 3.81. The highest BCUT2D eigenvalue weighted by molar-refractivity contribution is 4.85. The largest absolute Gasteiger partial charge is 0.312 e. The van der Waals surface area contributed by atoms with E-state index in [2.05, 4.69) is 51.8 Å². The third-order valence-corrected chi connectivity index (χ3v) is 3.81. The van der Waals surface area contributed by atoms with Crippen LogP contribution in [0.15, 0.2) is 0 Å². The molecule has 18 heavy (non-hydrogen) atoms. The Hall–Kier alpha value is -0.0800. The molecule has 1 fully saturated rings. The highest BCUT2D eigenvalue weighted by Gasteiger charge is 2.28. The third kappa shape index (κ3) is 6.19. The molecular formula is C16H34N2.